The van der Waals surface area contributed by atoms with Crippen molar-refractivity contribution < 1.29 is 5.11 Å². The summed E-state index contributed by atoms with van der Waals surface area (Å²) in [6.07, 6.45) is 4.13. The molecule has 3 atom stereocenters. The van der Waals surface area contributed by atoms with Crippen molar-refractivity contribution in [3.05, 3.63) is 59.7 Å². The van der Waals surface area contributed by atoms with Crippen LogP contribution in [-0.2, 0) is 11.8 Å². The molecular weight excluding hydrogens is 292 g/mol. The van der Waals surface area contributed by atoms with Crippen LogP contribution in [0.2, 0.25) is 0 Å². The number of aliphatic hydroxyl groups excluding tert-OH is 1. The van der Waals surface area contributed by atoms with Gasteiger partial charge in [-0.25, -0.2) is 0 Å². The maximum Gasteiger partial charge on any atom is 0.0594 e. The standard InChI is InChI=1S/C23H28O/c1-22(2)20-13-12-18-17(16-8-5-4-6-9-16)10-7-11-19(18)23(20,3)15-14-21(22)24/h4-11,20-21,24H,12-15H2,1-3H3/t20-,21-,23+/m0/s1. The van der Waals surface area contributed by atoms with Gasteiger partial charge >= 0.3 is 0 Å². The van der Waals surface area contributed by atoms with E-state index in [0.29, 0.717) is 5.92 Å². The molecule has 0 aliphatic heterocycles. The molecule has 2 aromatic carbocycles. The lowest BCUT2D eigenvalue weighted by Gasteiger charge is -2.56. The maximum absolute atomic E-state index is 10.6. The Morgan fingerprint density at radius 2 is 1.67 bits per heavy atom. The quantitative estimate of drug-likeness (QED) is 0.750. The Bertz CT molecular complexity index is 746. The summed E-state index contributed by atoms with van der Waals surface area (Å²) < 4.78 is 0. The van der Waals surface area contributed by atoms with Crippen molar-refractivity contribution in [1.82, 2.24) is 0 Å². The van der Waals surface area contributed by atoms with Gasteiger partial charge in [-0.2, -0.15) is 0 Å². The van der Waals surface area contributed by atoms with E-state index in [1.807, 2.05) is 0 Å². The van der Waals surface area contributed by atoms with Crippen molar-refractivity contribution in [3.8, 4) is 11.1 Å². The van der Waals surface area contributed by atoms with Crippen molar-refractivity contribution in [2.24, 2.45) is 11.3 Å². The molecule has 126 valence electrons. The minimum Gasteiger partial charge on any atom is -0.393 e. The first kappa shape index (κ1) is 15.9. The summed E-state index contributed by atoms with van der Waals surface area (Å²) in [5.74, 6) is 0.548. The van der Waals surface area contributed by atoms with Gasteiger partial charge in [-0.05, 0) is 64.7 Å². The molecule has 1 heteroatoms. The molecule has 0 spiro atoms. The van der Waals surface area contributed by atoms with E-state index in [1.165, 1.54) is 28.7 Å². The van der Waals surface area contributed by atoms with E-state index in [-0.39, 0.29) is 16.9 Å². The van der Waals surface area contributed by atoms with Crippen LogP contribution in [0.15, 0.2) is 48.5 Å². The van der Waals surface area contributed by atoms with Crippen LogP contribution in [0.25, 0.3) is 11.1 Å². The third-order valence-electron chi connectivity index (χ3n) is 7.02. The van der Waals surface area contributed by atoms with Crippen molar-refractivity contribution in [1.29, 1.82) is 0 Å². The number of rotatable bonds is 1. The first-order valence-electron chi connectivity index (χ1n) is 9.30. The number of hydrogen-bond acceptors (Lipinski definition) is 1. The molecule has 0 unspecified atom stereocenters. The highest BCUT2D eigenvalue weighted by Crippen LogP contribution is 2.57. The van der Waals surface area contributed by atoms with E-state index in [2.05, 4.69) is 69.3 Å². The Kier molecular flexibility index (Phi) is 3.61. The highest BCUT2D eigenvalue weighted by molar-refractivity contribution is 5.70. The fourth-order valence-corrected chi connectivity index (χ4v) is 5.62. The van der Waals surface area contributed by atoms with Gasteiger partial charge in [-0.15, -0.1) is 0 Å². The zero-order chi connectivity index (χ0) is 16.9. The van der Waals surface area contributed by atoms with Crippen LogP contribution in [0.1, 0.15) is 51.2 Å². The molecule has 0 heterocycles. The van der Waals surface area contributed by atoms with Gasteiger partial charge in [-0.1, -0.05) is 69.3 Å². The largest absolute Gasteiger partial charge is 0.393 e. The van der Waals surface area contributed by atoms with E-state index in [1.54, 1.807) is 0 Å². The average Bonchev–Trinajstić information content (AvgIpc) is 2.59. The van der Waals surface area contributed by atoms with Gasteiger partial charge in [-0.3, -0.25) is 0 Å². The second-order valence-corrected chi connectivity index (χ2v) is 8.58. The summed E-state index contributed by atoms with van der Waals surface area (Å²) in [6.45, 7) is 6.98. The summed E-state index contributed by atoms with van der Waals surface area (Å²) in [5.41, 5.74) is 5.96. The molecule has 1 N–H and O–H groups in total. The summed E-state index contributed by atoms with van der Waals surface area (Å²) in [6, 6.07) is 17.6. The van der Waals surface area contributed by atoms with Crippen LogP contribution >= 0.6 is 0 Å². The lowest BCUT2D eigenvalue weighted by atomic mass is 9.49. The summed E-state index contributed by atoms with van der Waals surface area (Å²) in [4.78, 5) is 0. The van der Waals surface area contributed by atoms with E-state index < -0.39 is 0 Å². The maximum atomic E-state index is 10.6. The normalized spacial score (nSPS) is 31.2. The molecule has 1 nitrogen and oxygen atoms in total. The Labute approximate surface area is 145 Å². The second-order valence-electron chi connectivity index (χ2n) is 8.58. The minimum atomic E-state index is -0.172. The number of fused-ring (bicyclic) bond motifs is 3. The lowest BCUT2D eigenvalue weighted by molar-refractivity contribution is -0.0730. The molecule has 24 heavy (non-hydrogen) atoms. The van der Waals surface area contributed by atoms with Crippen molar-refractivity contribution >= 4 is 0 Å². The van der Waals surface area contributed by atoms with Crippen LogP contribution < -0.4 is 0 Å². The van der Waals surface area contributed by atoms with Gasteiger partial charge in [0.1, 0.15) is 0 Å². The summed E-state index contributed by atoms with van der Waals surface area (Å²) >= 11 is 0. The van der Waals surface area contributed by atoms with Gasteiger partial charge in [0, 0.05) is 0 Å². The zero-order valence-electron chi connectivity index (χ0n) is 15.0. The predicted molar refractivity (Wildman–Crippen MR) is 100 cm³/mol. The molecule has 0 aromatic heterocycles. The third-order valence-corrected chi connectivity index (χ3v) is 7.02. The van der Waals surface area contributed by atoms with Crippen molar-refractivity contribution in [3.63, 3.8) is 0 Å². The molecule has 2 aliphatic rings. The highest BCUT2D eigenvalue weighted by atomic mass is 16.3. The van der Waals surface area contributed by atoms with Crippen molar-refractivity contribution in [2.45, 2.75) is 58.0 Å². The first-order chi connectivity index (χ1) is 11.4. The van der Waals surface area contributed by atoms with Gasteiger partial charge in [0.15, 0.2) is 0 Å². The van der Waals surface area contributed by atoms with Crippen LogP contribution in [0.5, 0.6) is 0 Å². The lowest BCUT2D eigenvalue weighted by Crippen LogP contribution is -2.53. The van der Waals surface area contributed by atoms with Crippen LogP contribution in [0, 0.1) is 11.3 Å². The topological polar surface area (TPSA) is 20.2 Å². The Hall–Kier alpha value is -1.60. The highest BCUT2D eigenvalue weighted by Gasteiger charge is 2.53. The van der Waals surface area contributed by atoms with Gasteiger partial charge in [0.25, 0.3) is 0 Å². The Morgan fingerprint density at radius 3 is 2.42 bits per heavy atom. The molecule has 4 rings (SSSR count). The van der Waals surface area contributed by atoms with E-state index >= 15 is 0 Å². The fourth-order valence-electron chi connectivity index (χ4n) is 5.62. The molecule has 1 saturated carbocycles. The van der Waals surface area contributed by atoms with Crippen LogP contribution in [0.4, 0.5) is 0 Å². The minimum absolute atomic E-state index is 0.00651. The predicted octanol–water partition coefficient (Wildman–Crippen LogP) is 5.35. The molecular formula is C23H28O. The van der Waals surface area contributed by atoms with Crippen LogP contribution in [0.3, 0.4) is 0 Å². The van der Waals surface area contributed by atoms with E-state index in [0.717, 1.165) is 19.3 Å². The van der Waals surface area contributed by atoms with Crippen LogP contribution in [-0.4, -0.2) is 11.2 Å². The van der Waals surface area contributed by atoms with Gasteiger partial charge < -0.3 is 5.11 Å². The first-order valence-corrected chi connectivity index (χ1v) is 9.30. The molecule has 0 bridgehead atoms. The molecule has 0 amide bonds. The molecule has 1 fully saturated rings. The van der Waals surface area contributed by atoms with Gasteiger partial charge in [0.05, 0.1) is 6.10 Å². The Morgan fingerprint density at radius 1 is 0.917 bits per heavy atom. The monoisotopic (exact) mass is 320 g/mol. The Balaban J connectivity index is 1.86. The molecule has 0 radical (unpaired) electrons. The second kappa shape index (κ2) is 5.46. The summed E-state index contributed by atoms with van der Waals surface area (Å²) in [7, 11) is 0. The van der Waals surface area contributed by atoms with Gasteiger partial charge in [0.2, 0.25) is 0 Å². The fraction of sp³-hybridized carbons (Fsp3) is 0.478. The number of hydrogen-bond donors (Lipinski definition) is 1. The SMILES string of the molecule is CC1(C)[C@@H](O)CC[C@]2(C)c3cccc(-c4ccccc4)c3CC[C@@H]12. The van der Waals surface area contributed by atoms with E-state index in [9.17, 15) is 5.11 Å². The summed E-state index contributed by atoms with van der Waals surface area (Å²) in [5, 5.41) is 10.6. The third kappa shape index (κ3) is 2.18. The average molecular weight is 320 g/mol. The number of benzene rings is 2. The zero-order valence-corrected chi connectivity index (χ0v) is 15.0. The number of aliphatic hydroxyl groups is 1. The smallest absolute Gasteiger partial charge is 0.0594 e. The molecule has 2 aliphatic carbocycles. The molecule has 2 aromatic rings. The molecule has 0 saturated heterocycles. The van der Waals surface area contributed by atoms with E-state index in [4.69, 9.17) is 0 Å². The van der Waals surface area contributed by atoms with Crippen molar-refractivity contribution in [2.75, 3.05) is 0 Å².